The summed E-state index contributed by atoms with van der Waals surface area (Å²) in [5, 5.41) is 27.4. The summed E-state index contributed by atoms with van der Waals surface area (Å²) in [7, 11) is 0. The Bertz CT molecular complexity index is 544. The second kappa shape index (κ2) is 9.49. The van der Waals surface area contributed by atoms with Gasteiger partial charge < -0.3 is 24.8 Å². The van der Waals surface area contributed by atoms with Crippen molar-refractivity contribution >= 4 is 11.6 Å². The lowest BCUT2D eigenvalue weighted by atomic mass is 10.1. The van der Waals surface area contributed by atoms with E-state index >= 15 is 0 Å². The summed E-state index contributed by atoms with van der Waals surface area (Å²) in [6, 6.07) is 14.9. The molecule has 2 aromatic carbocycles. The highest BCUT2D eigenvalue weighted by atomic mass is 35.5. The van der Waals surface area contributed by atoms with Gasteiger partial charge in [-0.05, 0) is 35.4 Å². The second-order valence-electron chi connectivity index (χ2n) is 5.32. The number of hydrogen-bond acceptors (Lipinski definition) is 5. The van der Waals surface area contributed by atoms with E-state index in [0.717, 1.165) is 11.1 Å². The van der Waals surface area contributed by atoms with Gasteiger partial charge in [0.25, 0.3) is 0 Å². The predicted molar refractivity (Wildman–Crippen MR) is 92.7 cm³/mol. The van der Waals surface area contributed by atoms with E-state index in [1.54, 1.807) is 12.1 Å². The van der Waals surface area contributed by atoms with Crippen LogP contribution in [0.25, 0.3) is 11.1 Å². The zero-order chi connectivity index (χ0) is 17.4. The zero-order valence-corrected chi connectivity index (χ0v) is 13.9. The first-order valence-electron chi connectivity index (χ1n) is 7.61. The molecule has 0 saturated heterocycles. The van der Waals surface area contributed by atoms with Gasteiger partial charge in [-0.1, -0.05) is 24.3 Å². The molecule has 0 aromatic heterocycles. The van der Waals surface area contributed by atoms with Crippen molar-refractivity contribution in [2.24, 2.45) is 0 Å². The third-order valence-electron chi connectivity index (χ3n) is 3.32. The second-order valence-corrected chi connectivity index (χ2v) is 5.62. The van der Waals surface area contributed by atoms with E-state index in [1.807, 2.05) is 36.4 Å². The van der Waals surface area contributed by atoms with Crippen LogP contribution in [0, 0.1) is 0 Å². The molecule has 5 nitrogen and oxygen atoms in total. The number of hydrogen-bond donors (Lipinski definition) is 3. The molecule has 0 radical (unpaired) electrons. The van der Waals surface area contributed by atoms with E-state index in [2.05, 4.69) is 0 Å². The van der Waals surface area contributed by atoms with Gasteiger partial charge in [-0.2, -0.15) is 0 Å². The Morgan fingerprint density at radius 2 is 1.17 bits per heavy atom. The molecular formula is C18H21ClO5. The van der Waals surface area contributed by atoms with Crippen molar-refractivity contribution in [2.75, 3.05) is 25.7 Å². The maximum absolute atomic E-state index is 9.37. The zero-order valence-electron chi connectivity index (χ0n) is 13.1. The number of alkyl halides is 1. The van der Waals surface area contributed by atoms with Gasteiger partial charge in [-0.15, -0.1) is 11.6 Å². The Morgan fingerprint density at radius 3 is 1.54 bits per heavy atom. The summed E-state index contributed by atoms with van der Waals surface area (Å²) < 4.78 is 10.8. The van der Waals surface area contributed by atoms with Gasteiger partial charge in [0.2, 0.25) is 0 Å². The maximum Gasteiger partial charge on any atom is 0.119 e. The molecular weight excluding hydrogens is 332 g/mol. The average molecular weight is 353 g/mol. The fourth-order valence-electron chi connectivity index (χ4n) is 1.97. The number of ether oxygens (including phenoxy) is 2. The van der Waals surface area contributed by atoms with E-state index in [1.165, 1.54) is 0 Å². The molecule has 0 spiro atoms. The standard InChI is InChI=1S/C18H21ClO5/c19-9-15(21)11-23-17-5-1-13(2-6-17)14-3-7-18(8-4-14)24-12-16(22)10-20/h1-8,15-16,20-22H,9-12H2/t15-,16+/m1/s1. The van der Waals surface area contributed by atoms with Crippen LogP contribution in [0.4, 0.5) is 0 Å². The summed E-state index contributed by atoms with van der Waals surface area (Å²) in [6.07, 6.45) is -1.56. The van der Waals surface area contributed by atoms with E-state index in [9.17, 15) is 10.2 Å². The number of halogens is 1. The summed E-state index contributed by atoms with van der Waals surface area (Å²) in [6.45, 7) is -0.112. The molecule has 2 atom stereocenters. The smallest absolute Gasteiger partial charge is 0.119 e. The van der Waals surface area contributed by atoms with Crippen LogP contribution >= 0.6 is 11.6 Å². The van der Waals surface area contributed by atoms with Crippen LogP contribution in [-0.4, -0.2) is 53.2 Å². The molecule has 2 aromatic rings. The van der Waals surface area contributed by atoms with Crippen molar-refractivity contribution in [3.8, 4) is 22.6 Å². The minimum atomic E-state index is -0.880. The van der Waals surface area contributed by atoms with Crippen LogP contribution in [0.1, 0.15) is 0 Å². The molecule has 6 heteroatoms. The molecule has 3 N–H and O–H groups in total. The molecule has 24 heavy (non-hydrogen) atoms. The Labute approximate surface area is 146 Å². The molecule has 0 heterocycles. The van der Waals surface area contributed by atoms with Crippen molar-refractivity contribution in [1.29, 1.82) is 0 Å². The number of rotatable bonds is 9. The summed E-state index contributed by atoms with van der Waals surface area (Å²) in [4.78, 5) is 0. The third kappa shape index (κ3) is 5.69. The van der Waals surface area contributed by atoms with Gasteiger partial charge in [0.05, 0.1) is 12.5 Å². The quantitative estimate of drug-likeness (QED) is 0.602. The molecule has 2 rings (SSSR count). The Balaban J connectivity index is 1.93. The van der Waals surface area contributed by atoms with Gasteiger partial charge in [0.1, 0.15) is 36.9 Å². The highest BCUT2D eigenvalue weighted by molar-refractivity contribution is 6.18. The molecule has 0 unspecified atom stereocenters. The average Bonchev–Trinajstić information content (AvgIpc) is 2.65. The lowest BCUT2D eigenvalue weighted by Gasteiger charge is -2.11. The molecule has 0 fully saturated rings. The van der Waals surface area contributed by atoms with Crippen LogP contribution in [0.3, 0.4) is 0 Å². The largest absolute Gasteiger partial charge is 0.491 e. The predicted octanol–water partition coefficient (Wildman–Crippen LogP) is 2.06. The summed E-state index contributed by atoms with van der Waals surface area (Å²) >= 11 is 5.52. The summed E-state index contributed by atoms with van der Waals surface area (Å²) in [5.74, 6) is 1.43. The van der Waals surface area contributed by atoms with E-state index < -0.39 is 12.2 Å². The Kier molecular flexibility index (Phi) is 7.34. The van der Waals surface area contributed by atoms with Crippen LogP contribution in [0.5, 0.6) is 11.5 Å². The lowest BCUT2D eigenvalue weighted by molar-refractivity contribution is 0.0536. The van der Waals surface area contributed by atoms with Gasteiger partial charge in [0, 0.05) is 0 Å². The third-order valence-corrected chi connectivity index (χ3v) is 3.67. The minimum Gasteiger partial charge on any atom is -0.491 e. The number of aliphatic hydroxyl groups excluding tert-OH is 3. The Morgan fingerprint density at radius 1 is 0.750 bits per heavy atom. The van der Waals surface area contributed by atoms with Crippen molar-refractivity contribution in [2.45, 2.75) is 12.2 Å². The summed E-state index contributed by atoms with van der Waals surface area (Å²) in [5.41, 5.74) is 2.03. The fourth-order valence-corrected chi connectivity index (χ4v) is 2.06. The molecule has 0 aliphatic carbocycles. The van der Waals surface area contributed by atoms with Crippen molar-refractivity contribution < 1.29 is 24.8 Å². The topological polar surface area (TPSA) is 79.2 Å². The van der Waals surface area contributed by atoms with Crippen molar-refractivity contribution in [1.82, 2.24) is 0 Å². The van der Waals surface area contributed by atoms with Crippen LogP contribution in [0.15, 0.2) is 48.5 Å². The monoisotopic (exact) mass is 352 g/mol. The minimum absolute atomic E-state index is 0.0516. The van der Waals surface area contributed by atoms with Crippen LogP contribution < -0.4 is 9.47 Å². The maximum atomic E-state index is 9.37. The number of benzene rings is 2. The SMILES string of the molecule is OC[C@H](O)COc1ccc(-c2ccc(OC[C@H](O)CCl)cc2)cc1. The fraction of sp³-hybridized carbons (Fsp3) is 0.333. The lowest BCUT2D eigenvalue weighted by Crippen LogP contribution is -2.21. The molecule has 0 saturated carbocycles. The number of aliphatic hydroxyl groups is 3. The molecule has 0 aliphatic rings. The van der Waals surface area contributed by atoms with Crippen molar-refractivity contribution in [3.05, 3.63) is 48.5 Å². The van der Waals surface area contributed by atoms with Gasteiger partial charge in [0.15, 0.2) is 0 Å². The highest BCUT2D eigenvalue weighted by Crippen LogP contribution is 2.24. The first-order valence-corrected chi connectivity index (χ1v) is 8.15. The molecule has 0 aliphatic heterocycles. The van der Waals surface area contributed by atoms with E-state index in [0.29, 0.717) is 11.5 Å². The first kappa shape index (κ1) is 18.5. The van der Waals surface area contributed by atoms with Gasteiger partial charge >= 0.3 is 0 Å². The van der Waals surface area contributed by atoms with Crippen molar-refractivity contribution in [3.63, 3.8) is 0 Å². The van der Waals surface area contributed by atoms with Crippen LogP contribution in [-0.2, 0) is 0 Å². The van der Waals surface area contributed by atoms with Gasteiger partial charge in [-0.3, -0.25) is 0 Å². The Hall–Kier alpha value is -1.79. The van der Waals surface area contributed by atoms with E-state index in [-0.39, 0.29) is 25.7 Å². The first-order chi connectivity index (χ1) is 11.6. The van der Waals surface area contributed by atoms with Gasteiger partial charge in [-0.25, -0.2) is 0 Å². The van der Waals surface area contributed by atoms with Crippen LogP contribution in [0.2, 0.25) is 0 Å². The highest BCUT2D eigenvalue weighted by Gasteiger charge is 2.05. The van der Waals surface area contributed by atoms with E-state index in [4.69, 9.17) is 26.2 Å². The molecule has 0 bridgehead atoms. The normalized spacial score (nSPS) is 13.3. The molecule has 0 amide bonds. The molecule has 130 valence electrons.